The molecule has 1 aromatic carbocycles. The molecule has 0 atom stereocenters. The van der Waals surface area contributed by atoms with Crippen molar-refractivity contribution in [3.8, 4) is 0 Å². The third-order valence-electron chi connectivity index (χ3n) is 3.50. The molecule has 0 saturated heterocycles. The van der Waals surface area contributed by atoms with Gasteiger partial charge in [0.2, 0.25) is 0 Å². The number of esters is 1. The van der Waals surface area contributed by atoms with Gasteiger partial charge in [0.25, 0.3) is 0 Å². The van der Waals surface area contributed by atoms with E-state index in [1.807, 2.05) is 0 Å². The van der Waals surface area contributed by atoms with Crippen molar-refractivity contribution in [2.75, 3.05) is 13.3 Å². The SMILES string of the molecule is O=C(OC/C(=C\Cn1cnc2c(Cl)ncnc21)CF)c1ccccc1. The van der Waals surface area contributed by atoms with Gasteiger partial charge in [-0.05, 0) is 17.7 Å². The Labute approximate surface area is 147 Å². The molecule has 0 aliphatic carbocycles. The van der Waals surface area contributed by atoms with Crippen LogP contribution in [0.5, 0.6) is 0 Å². The van der Waals surface area contributed by atoms with Crippen LogP contribution < -0.4 is 0 Å². The van der Waals surface area contributed by atoms with Gasteiger partial charge >= 0.3 is 5.97 Å². The molecule has 0 unspecified atom stereocenters. The second kappa shape index (κ2) is 7.85. The van der Waals surface area contributed by atoms with Gasteiger partial charge in [-0.15, -0.1) is 0 Å². The summed E-state index contributed by atoms with van der Waals surface area (Å²) in [6, 6.07) is 8.55. The maximum absolute atomic E-state index is 13.2. The molecule has 0 radical (unpaired) electrons. The molecular formula is C17H14ClFN4O2. The molecular weight excluding hydrogens is 347 g/mol. The Kier molecular flexibility index (Phi) is 5.35. The molecule has 3 aromatic rings. The average Bonchev–Trinajstić information content (AvgIpc) is 3.07. The van der Waals surface area contributed by atoms with Crippen molar-refractivity contribution >= 4 is 28.7 Å². The number of allylic oxidation sites excluding steroid dienone is 1. The third kappa shape index (κ3) is 4.00. The van der Waals surface area contributed by atoms with Crippen molar-refractivity contribution in [1.82, 2.24) is 19.5 Å². The predicted octanol–water partition coefficient (Wildman–Crippen LogP) is 3.23. The number of halogens is 2. The summed E-state index contributed by atoms with van der Waals surface area (Å²) in [6.45, 7) is -0.511. The summed E-state index contributed by atoms with van der Waals surface area (Å²) >= 11 is 5.94. The van der Waals surface area contributed by atoms with Crippen molar-refractivity contribution in [3.63, 3.8) is 0 Å². The van der Waals surface area contributed by atoms with Gasteiger partial charge in [-0.3, -0.25) is 0 Å². The summed E-state index contributed by atoms with van der Waals surface area (Å²) in [5.74, 6) is -0.493. The van der Waals surface area contributed by atoms with E-state index >= 15 is 0 Å². The number of hydrogen-bond acceptors (Lipinski definition) is 5. The molecule has 8 heteroatoms. The van der Waals surface area contributed by atoms with Crippen LogP contribution >= 0.6 is 11.6 Å². The van der Waals surface area contributed by atoms with E-state index in [2.05, 4.69) is 15.0 Å². The first kappa shape index (κ1) is 17.0. The zero-order chi connectivity index (χ0) is 17.6. The molecule has 0 N–H and O–H groups in total. The quantitative estimate of drug-likeness (QED) is 0.383. The van der Waals surface area contributed by atoms with Crippen molar-refractivity contribution in [2.24, 2.45) is 0 Å². The number of benzene rings is 1. The minimum Gasteiger partial charge on any atom is -0.457 e. The maximum atomic E-state index is 13.2. The molecule has 0 saturated carbocycles. The van der Waals surface area contributed by atoms with Gasteiger partial charge in [0, 0.05) is 6.54 Å². The van der Waals surface area contributed by atoms with Crippen molar-refractivity contribution < 1.29 is 13.9 Å². The lowest BCUT2D eigenvalue weighted by Crippen LogP contribution is -2.09. The summed E-state index contributed by atoms with van der Waals surface area (Å²) in [7, 11) is 0. The highest BCUT2D eigenvalue weighted by molar-refractivity contribution is 6.33. The van der Waals surface area contributed by atoms with E-state index in [0.29, 0.717) is 28.8 Å². The van der Waals surface area contributed by atoms with Gasteiger partial charge in [-0.2, -0.15) is 0 Å². The molecule has 2 aromatic heterocycles. The number of rotatable bonds is 6. The molecule has 2 heterocycles. The van der Waals surface area contributed by atoms with Gasteiger partial charge in [0.1, 0.15) is 25.1 Å². The lowest BCUT2D eigenvalue weighted by Gasteiger charge is -2.07. The summed E-state index contributed by atoms with van der Waals surface area (Å²) in [4.78, 5) is 24.0. The van der Waals surface area contributed by atoms with Crippen LogP contribution in [0.15, 0.2) is 54.6 Å². The van der Waals surface area contributed by atoms with Crippen molar-refractivity contribution in [3.05, 3.63) is 65.4 Å². The van der Waals surface area contributed by atoms with Crippen molar-refractivity contribution in [1.29, 1.82) is 0 Å². The Morgan fingerprint density at radius 3 is 2.80 bits per heavy atom. The number of hydrogen-bond donors (Lipinski definition) is 0. The van der Waals surface area contributed by atoms with E-state index in [9.17, 15) is 9.18 Å². The fraction of sp³-hybridized carbons (Fsp3) is 0.176. The minimum atomic E-state index is -0.718. The van der Waals surface area contributed by atoms with Gasteiger partial charge in [-0.1, -0.05) is 35.9 Å². The van der Waals surface area contributed by atoms with E-state index < -0.39 is 12.6 Å². The number of carbonyl (C=O) groups is 1. The smallest absolute Gasteiger partial charge is 0.338 e. The molecule has 0 spiro atoms. The number of ether oxygens (including phenoxy) is 1. The highest BCUT2D eigenvalue weighted by Crippen LogP contribution is 2.17. The third-order valence-corrected chi connectivity index (χ3v) is 3.78. The highest BCUT2D eigenvalue weighted by atomic mass is 35.5. The lowest BCUT2D eigenvalue weighted by molar-refractivity contribution is 0.0535. The Morgan fingerprint density at radius 2 is 2.04 bits per heavy atom. The van der Waals surface area contributed by atoms with Gasteiger partial charge < -0.3 is 9.30 Å². The summed E-state index contributed by atoms with van der Waals surface area (Å²) in [5, 5.41) is 0.259. The molecule has 0 amide bonds. The monoisotopic (exact) mass is 360 g/mol. The maximum Gasteiger partial charge on any atom is 0.338 e. The van der Waals surface area contributed by atoms with Crippen LogP contribution in [0.1, 0.15) is 10.4 Å². The van der Waals surface area contributed by atoms with Gasteiger partial charge in [0.05, 0.1) is 11.9 Å². The van der Waals surface area contributed by atoms with E-state index in [-0.39, 0.29) is 11.8 Å². The molecule has 128 valence electrons. The Morgan fingerprint density at radius 1 is 1.24 bits per heavy atom. The first-order valence-electron chi connectivity index (χ1n) is 7.46. The molecule has 3 rings (SSSR count). The van der Waals surface area contributed by atoms with Crippen LogP contribution in [0.2, 0.25) is 5.15 Å². The second-order valence-corrected chi connectivity index (χ2v) is 5.53. The van der Waals surface area contributed by atoms with Crippen LogP contribution in [0.25, 0.3) is 11.2 Å². The summed E-state index contributed by atoms with van der Waals surface area (Å²) < 4.78 is 20.0. The molecule has 6 nitrogen and oxygen atoms in total. The number of nitrogens with zero attached hydrogens (tertiary/aromatic N) is 4. The van der Waals surface area contributed by atoms with E-state index in [1.165, 1.54) is 6.33 Å². The molecule has 0 aliphatic heterocycles. The number of alkyl halides is 1. The number of aromatic nitrogens is 4. The van der Waals surface area contributed by atoms with Crippen LogP contribution in [0.4, 0.5) is 4.39 Å². The largest absolute Gasteiger partial charge is 0.457 e. The highest BCUT2D eigenvalue weighted by Gasteiger charge is 2.09. The number of imidazole rings is 1. The van der Waals surface area contributed by atoms with Gasteiger partial charge in [0.15, 0.2) is 10.8 Å². The Hall–Kier alpha value is -2.80. The molecule has 0 fully saturated rings. The number of fused-ring (bicyclic) bond motifs is 1. The van der Waals surface area contributed by atoms with E-state index in [4.69, 9.17) is 16.3 Å². The van der Waals surface area contributed by atoms with Crippen molar-refractivity contribution in [2.45, 2.75) is 6.54 Å². The molecule has 25 heavy (non-hydrogen) atoms. The zero-order valence-electron chi connectivity index (χ0n) is 13.1. The van der Waals surface area contributed by atoms with Crippen LogP contribution in [0, 0.1) is 0 Å². The Balaban J connectivity index is 1.66. The lowest BCUT2D eigenvalue weighted by atomic mass is 10.2. The standard InChI is InChI=1S/C17H14ClFN4O2/c18-15-14-16(21-10-20-15)23(11-22-14)7-6-12(8-19)9-25-17(24)13-4-2-1-3-5-13/h1-6,10-11H,7-9H2/b12-6-. The summed E-state index contributed by atoms with van der Waals surface area (Å²) in [5.41, 5.74) is 1.81. The van der Waals surface area contributed by atoms with E-state index in [0.717, 1.165) is 0 Å². The fourth-order valence-electron chi connectivity index (χ4n) is 2.18. The van der Waals surface area contributed by atoms with Gasteiger partial charge in [-0.25, -0.2) is 24.1 Å². The first-order valence-corrected chi connectivity index (χ1v) is 7.84. The second-order valence-electron chi connectivity index (χ2n) is 5.17. The van der Waals surface area contributed by atoms with Crippen LogP contribution in [-0.4, -0.2) is 38.8 Å². The normalized spacial score (nSPS) is 11.7. The van der Waals surface area contributed by atoms with Crippen LogP contribution in [0.3, 0.4) is 0 Å². The van der Waals surface area contributed by atoms with Crippen LogP contribution in [-0.2, 0) is 11.3 Å². The topological polar surface area (TPSA) is 69.9 Å². The summed E-state index contributed by atoms with van der Waals surface area (Å²) in [6.07, 6.45) is 4.52. The number of carbonyl (C=O) groups excluding carboxylic acids is 1. The fourth-order valence-corrected chi connectivity index (χ4v) is 2.36. The first-order chi connectivity index (χ1) is 12.2. The zero-order valence-corrected chi connectivity index (χ0v) is 13.9. The Bertz CT molecular complexity index is 911. The minimum absolute atomic E-state index is 0.118. The molecule has 0 bridgehead atoms. The average molecular weight is 361 g/mol. The predicted molar refractivity (Wildman–Crippen MR) is 91.1 cm³/mol. The van der Waals surface area contributed by atoms with E-state index in [1.54, 1.807) is 47.3 Å². The molecule has 0 aliphatic rings.